The monoisotopic (exact) mass is 244 g/mol. The molecule has 0 atom stereocenters. The molecule has 94 valence electrons. The number of rotatable bonds is 2. The van der Waals surface area contributed by atoms with E-state index in [0.29, 0.717) is 5.69 Å². The molecule has 0 unspecified atom stereocenters. The van der Waals surface area contributed by atoms with Crippen molar-refractivity contribution >= 4 is 5.97 Å². The van der Waals surface area contributed by atoms with E-state index in [4.69, 9.17) is 0 Å². The molecule has 0 saturated heterocycles. The Morgan fingerprint density at radius 2 is 1.78 bits per heavy atom. The lowest BCUT2D eigenvalue weighted by molar-refractivity contribution is 0.0687. The number of aromatic nitrogens is 2. The zero-order valence-electron chi connectivity index (χ0n) is 11.0. The van der Waals surface area contributed by atoms with Gasteiger partial charge in [0.2, 0.25) is 0 Å². The lowest BCUT2D eigenvalue weighted by atomic mass is 9.96. The summed E-state index contributed by atoms with van der Waals surface area (Å²) in [7, 11) is 1.69. The maximum Gasteiger partial charge on any atom is 0.354 e. The topological polar surface area (TPSA) is 55.1 Å². The number of carboxylic acid groups (broad SMARTS) is 1. The van der Waals surface area contributed by atoms with Gasteiger partial charge in [-0.25, -0.2) is 9.78 Å². The third kappa shape index (κ3) is 1.90. The van der Waals surface area contributed by atoms with Gasteiger partial charge in [0.1, 0.15) is 5.69 Å². The molecule has 0 aliphatic heterocycles. The van der Waals surface area contributed by atoms with Gasteiger partial charge in [-0.3, -0.25) is 0 Å². The van der Waals surface area contributed by atoms with Gasteiger partial charge in [-0.2, -0.15) is 0 Å². The second kappa shape index (κ2) is 4.29. The predicted molar refractivity (Wildman–Crippen MR) is 69.8 cm³/mol. The molecule has 0 amide bonds. The summed E-state index contributed by atoms with van der Waals surface area (Å²) in [5.41, 5.74) is 4.95. The van der Waals surface area contributed by atoms with Gasteiger partial charge in [0.15, 0.2) is 5.69 Å². The normalized spacial score (nSPS) is 10.7. The standard InChI is InChI=1S/C14H16N2O2/c1-8-5-9(2)11(10(3)6-8)12-13(14(17)18)16(4)7-15-12/h5-7H,1-4H3,(H,17,18). The van der Waals surface area contributed by atoms with E-state index >= 15 is 0 Å². The molecule has 18 heavy (non-hydrogen) atoms. The van der Waals surface area contributed by atoms with Gasteiger partial charge < -0.3 is 9.67 Å². The molecule has 1 aromatic carbocycles. The van der Waals surface area contributed by atoms with Crippen LogP contribution in [0.25, 0.3) is 11.3 Å². The summed E-state index contributed by atoms with van der Waals surface area (Å²) >= 11 is 0. The molecule has 2 rings (SSSR count). The Labute approximate surface area is 106 Å². The van der Waals surface area contributed by atoms with Gasteiger partial charge in [-0.1, -0.05) is 17.7 Å². The molecular formula is C14H16N2O2. The first-order valence-electron chi connectivity index (χ1n) is 5.74. The predicted octanol–water partition coefficient (Wildman–Crippen LogP) is 2.71. The van der Waals surface area contributed by atoms with Crippen LogP contribution in [0.1, 0.15) is 27.2 Å². The number of carboxylic acids is 1. The highest BCUT2D eigenvalue weighted by molar-refractivity contribution is 5.94. The van der Waals surface area contributed by atoms with E-state index in [1.165, 1.54) is 16.5 Å². The van der Waals surface area contributed by atoms with Crippen molar-refractivity contribution in [2.45, 2.75) is 20.8 Å². The van der Waals surface area contributed by atoms with E-state index in [1.54, 1.807) is 7.05 Å². The fourth-order valence-corrected chi connectivity index (χ4v) is 2.42. The molecule has 0 saturated carbocycles. The summed E-state index contributed by atoms with van der Waals surface area (Å²) in [5.74, 6) is -0.954. The van der Waals surface area contributed by atoms with Gasteiger partial charge in [-0.05, 0) is 31.9 Å². The molecule has 0 radical (unpaired) electrons. The van der Waals surface area contributed by atoms with Crippen LogP contribution >= 0.6 is 0 Å². The third-order valence-corrected chi connectivity index (χ3v) is 3.05. The first-order chi connectivity index (χ1) is 8.41. The Morgan fingerprint density at radius 1 is 1.22 bits per heavy atom. The lowest BCUT2D eigenvalue weighted by Gasteiger charge is -2.10. The highest BCUT2D eigenvalue weighted by atomic mass is 16.4. The summed E-state index contributed by atoms with van der Waals surface area (Å²) < 4.78 is 1.54. The van der Waals surface area contributed by atoms with E-state index in [2.05, 4.69) is 4.98 Å². The molecule has 0 aliphatic carbocycles. The van der Waals surface area contributed by atoms with Gasteiger partial charge in [0, 0.05) is 12.6 Å². The van der Waals surface area contributed by atoms with Gasteiger partial charge in [-0.15, -0.1) is 0 Å². The second-order valence-corrected chi connectivity index (χ2v) is 4.63. The SMILES string of the molecule is Cc1cc(C)c(-c2ncn(C)c2C(=O)O)c(C)c1. The van der Waals surface area contributed by atoms with Crippen molar-refractivity contribution in [3.05, 3.63) is 40.8 Å². The number of carbonyl (C=O) groups is 1. The van der Waals surface area contributed by atoms with Crippen molar-refractivity contribution in [1.82, 2.24) is 9.55 Å². The van der Waals surface area contributed by atoms with Crippen LogP contribution in [0.4, 0.5) is 0 Å². The Bertz CT molecular complexity index is 604. The maximum absolute atomic E-state index is 11.3. The van der Waals surface area contributed by atoms with Gasteiger partial charge in [0.25, 0.3) is 0 Å². The summed E-state index contributed by atoms with van der Waals surface area (Å²) in [5, 5.41) is 9.27. The summed E-state index contributed by atoms with van der Waals surface area (Å²) in [6.45, 7) is 5.99. The minimum Gasteiger partial charge on any atom is -0.477 e. The van der Waals surface area contributed by atoms with Crippen molar-refractivity contribution in [1.29, 1.82) is 0 Å². The van der Waals surface area contributed by atoms with Crippen molar-refractivity contribution in [3.8, 4) is 11.3 Å². The Kier molecular flexibility index (Phi) is 2.95. The highest BCUT2D eigenvalue weighted by Crippen LogP contribution is 2.29. The van der Waals surface area contributed by atoms with Crippen molar-refractivity contribution in [3.63, 3.8) is 0 Å². The fourth-order valence-electron chi connectivity index (χ4n) is 2.42. The molecule has 0 bridgehead atoms. The van der Waals surface area contributed by atoms with Crippen molar-refractivity contribution in [2.75, 3.05) is 0 Å². The zero-order chi connectivity index (χ0) is 13.4. The van der Waals surface area contributed by atoms with Crippen LogP contribution in [0.3, 0.4) is 0 Å². The van der Waals surface area contributed by atoms with E-state index in [-0.39, 0.29) is 5.69 Å². The number of aromatic carboxylic acids is 1. The highest BCUT2D eigenvalue weighted by Gasteiger charge is 2.20. The summed E-state index contributed by atoms with van der Waals surface area (Å²) in [4.78, 5) is 15.5. The van der Waals surface area contributed by atoms with Crippen LogP contribution < -0.4 is 0 Å². The van der Waals surface area contributed by atoms with Crippen LogP contribution in [-0.2, 0) is 7.05 Å². The molecule has 1 aromatic heterocycles. The Hall–Kier alpha value is -2.10. The fraction of sp³-hybridized carbons (Fsp3) is 0.286. The quantitative estimate of drug-likeness (QED) is 0.883. The largest absolute Gasteiger partial charge is 0.477 e. The minimum atomic E-state index is -0.954. The second-order valence-electron chi connectivity index (χ2n) is 4.63. The van der Waals surface area contributed by atoms with Gasteiger partial charge in [0.05, 0.1) is 6.33 Å². The van der Waals surface area contributed by atoms with Crippen LogP contribution in [0.2, 0.25) is 0 Å². The van der Waals surface area contributed by atoms with Crippen LogP contribution in [-0.4, -0.2) is 20.6 Å². The Morgan fingerprint density at radius 3 is 2.28 bits per heavy atom. The lowest BCUT2D eigenvalue weighted by Crippen LogP contribution is -2.06. The molecule has 4 nitrogen and oxygen atoms in total. The Balaban J connectivity index is 2.74. The first kappa shape index (κ1) is 12.4. The molecule has 0 fully saturated rings. The maximum atomic E-state index is 11.3. The van der Waals surface area contributed by atoms with Crippen molar-refractivity contribution < 1.29 is 9.90 Å². The first-order valence-corrected chi connectivity index (χ1v) is 5.74. The molecule has 4 heteroatoms. The molecule has 2 aromatic rings. The van der Waals surface area contributed by atoms with E-state index in [9.17, 15) is 9.90 Å². The number of hydrogen-bond donors (Lipinski definition) is 1. The van der Waals surface area contributed by atoms with E-state index < -0.39 is 5.97 Å². The van der Waals surface area contributed by atoms with Crippen LogP contribution in [0.5, 0.6) is 0 Å². The average Bonchev–Trinajstić information content (AvgIpc) is 2.58. The molecule has 1 heterocycles. The molecule has 1 N–H and O–H groups in total. The number of benzene rings is 1. The summed E-state index contributed by atoms with van der Waals surface area (Å²) in [6, 6.07) is 4.09. The number of hydrogen-bond acceptors (Lipinski definition) is 2. The molecule has 0 aliphatic rings. The summed E-state index contributed by atoms with van der Waals surface area (Å²) in [6.07, 6.45) is 1.54. The molecule has 0 spiro atoms. The number of imidazole rings is 1. The number of aryl methyl sites for hydroxylation is 4. The van der Waals surface area contributed by atoms with E-state index in [0.717, 1.165) is 16.7 Å². The van der Waals surface area contributed by atoms with E-state index in [1.807, 2.05) is 32.9 Å². The van der Waals surface area contributed by atoms with Crippen molar-refractivity contribution in [2.24, 2.45) is 7.05 Å². The van der Waals surface area contributed by atoms with Crippen LogP contribution in [0.15, 0.2) is 18.5 Å². The minimum absolute atomic E-state index is 0.227. The van der Waals surface area contributed by atoms with Gasteiger partial charge >= 0.3 is 5.97 Å². The van der Waals surface area contributed by atoms with Crippen LogP contribution in [0, 0.1) is 20.8 Å². The molecular weight excluding hydrogens is 228 g/mol. The number of nitrogens with zero attached hydrogens (tertiary/aromatic N) is 2. The smallest absolute Gasteiger partial charge is 0.354 e. The third-order valence-electron chi connectivity index (χ3n) is 3.05. The average molecular weight is 244 g/mol. The zero-order valence-corrected chi connectivity index (χ0v) is 11.0.